The quantitative estimate of drug-likeness (QED) is 0.344. The number of piperidine rings is 1. The van der Waals surface area contributed by atoms with Crippen molar-refractivity contribution in [3.05, 3.63) is 62.2 Å². The molecule has 1 atom stereocenters. The minimum atomic E-state index is -1.29. The number of non-ortho nitro benzene ring substituents is 1. The Morgan fingerprint density at radius 2 is 1.74 bits per heavy atom. The maximum absolute atomic E-state index is 12.6. The van der Waals surface area contributed by atoms with Gasteiger partial charge < -0.3 is 19.7 Å². The van der Waals surface area contributed by atoms with E-state index in [-0.39, 0.29) is 28.4 Å². The molecule has 12 heteroatoms. The van der Waals surface area contributed by atoms with Crippen LogP contribution >= 0.6 is 0 Å². The third-order valence-electron chi connectivity index (χ3n) is 5.41. The Morgan fingerprint density at radius 1 is 1.03 bits per heavy atom. The van der Waals surface area contributed by atoms with Crippen molar-refractivity contribution in [2.24, 2.45) is 0 Å². The van der Waals surface area contributed by atoms with Gasteiger partial charge >= 0.3 is 5.97 Å². The fourth-order valence-electron chi connectivity index (χ4n) is 3.62. The summed E-state index contributed by atoms with van der Waals surface area (Å²) in [4.78, 5) is 48.5. The van der Waals surface area contributed by atoms with E-state index in [1.807, 2.05) is 4.90 Å². The Balaban J connectivity index is 1.73. The Labute approximate surface area is 194 Å². The van der Waals surface area contributed by atoms with Gasteiger partial charge in [0.15, 0.2) is 6.10 Å². The number of anilines is 2. The van der Waals surface area contributed by atoms with Crippen LogP contribution in [0.5, 0.6) is 5.75 Å². The number of hydrogen-bond donors (Lipinski definition) is 1. The van der Waals surface area contributed by atoms with Gasteiger partial charge in [0.1, 0.15) is 11.4 Å². The van der Waals surface area contributed by atoms with Crippen LogP contribution in [0.1, 0.15) is 36.5 Å². The van der Waals surface area contributed by atoms with Crippen LogP contribution in [0, 0.1) is 20.2 Å². The number of nitrogens with one attached hydrogen (secondary N) is 1. The standard InChI is InChI=1S/C22H24N4O8/c1-14(21(27)23-17-13-16(25(29)30)7-9-20(17)33-2)34-22(28)15-6-8-18(19(12-15)26(31)32)24-10-4-3-5-11-24/h6-9,12-14H,3-5,10-11H2,1-2H3,(H,23,27). The summed E-state index contributed by atoms with van der Waals surface area (Å²) in [6.45, 7) is 2.71. The van der Waals surface area contributed by atoms with Crippen LogP contribution in [0.25, 0.3) is 0 Å². The van der Waals surface area contributed by atoms with Crippen molar-refractivity contribution in [3.63, 3.8) is 0 Å². The number of esters is 1. The molecule has 34 heavy (non-hydrogen) atoms. The monoisotopic (exact) mass is 472 g/mol. The highest BCUT2D eigenvalue weighted by molar-refractivity contribution is 5.98. The second-order valence-electron chi connectivity index (χ2n) is 7.69. The fourth-order valence-corrected chi connectivity index (χ4v) is 3.62. The third-order valence-corrected chi connectivity index (χ3v) is 5.41. The van der Waals surface area contributed by atoms with Gasteiger partial charge in [-0.2, -0.15) is 0 Å². The van der Waals surface area contributed by atoms with Gasteiger partial charge in [-0.05, 0) is 44.4 Å². The second-order valence-corrected chi connectivity index (χ2v) is 7.69. The van der Waals surface area contributed by atoms with E-state index in [0.29, 0.717) is 18.8 Å². The second kappa shape index (κ2) is 10.6. The summed E-state index contributed by atoms with van der Waals surface area (Å²) in [6, 6.07) is 7.74. The summed E-state index contributed by atoms with van der Waals surface area (Å²) >= 11 is 0. The molecule has 1 fully saturated rings. The highest BCUT2D eigenvalue weighted by atomic mass is 16.6. The maximum Gasteiger partial charge on any atom is 0.339 e. The molecular weight excluding hydrogens is 448 g/mol. The number of carbonyl (C=O) groups excluding carboxylic acids is 2. The van der Waals surface area contributed by atoms with Crippen LogP contribution in [0.3, 0.4) is 0 Å². The molecule has 0 aromatic heterocycles. The van der Waals surface area contributed by atoms with Crippen LogP contribution < -0.4 is 15.0 Å². The smallest absolute Gasteiger partial charge is 0.339 e. The van der Waals surface area contributed by atoms with E-state index in [1.165, 1.54) is 38.3 Å². The van der Waals surface area contributed by atoms with Crippen LogP contribution in [0.15, 0.2) is 36.4 Å². The third kappa shape index (κ3) is 5.57. The van der Waals surface area contributed by atoms with E-state index in [9.17, 15) is 29.8 Å². The van der Waals surface area contributed by atoms with E-state index in [1.54, 1.807) is 0 Å². The van der Waals surface area contributed by atoms with Crippen LogP contribution in [-0.4, -0.2) is 48.0 Å². The van der Waals surface area contributed by atoms with E-state index in [4.69, 9.17) is 9.47 Å². The summed E-state index contributed by atoms with van der Waals surface area (Å²) < 4.78 is 10.3. The van der Waals surface area contributed by atoms with Gasteiger partial charge in [-0.25, -0.2) is 4.79 Å². The molecule has 3 rings (SSSR count). The molecule has 0 aliphatic carbocycles. The van der Waals surface area contributed by atoms with Crippen molar-refractivity contribution in [1.29, 1.82) is 0 Å². The predicted molar refractivity (Wildman–Crippen MR) is 122 cm³/mol. The topological polar surface area (TPSA) is 154 Å². The largest absolute Gasteiger partial charge is 0.495 e. The molecule has 1 unspecified atom stereocenters. The van der Waals surface area contributed by atoms with Crippen molar-refractivity contribution >= 4 is 34.6 Å². The van der Waals surface area contributed by atoms with E-state index < -0.39 is 27.8 Å². The lowest BCUT2D eigenvalue weighted by Crippen LogP contribution is -2.31. The molecule has 0 bridgehead atoms. The van der Waals surface area contributed by atoms with Crippen LogP contribution in [0.2, 0.25) is 0 Å². The summed E-state index contributed by atoms with van der Waals surface area (Å²) in [5.74, 6) is -1.49. The summed E-state index contributed by atoms with van der Waals surface area (Å²) in [7, 11) is 1.33. The molecule has 1 aliphatic heterocycles. The predicted octanol–water partition coefficient (Wildman–Crippen LogP) is 3.69. The number of benzene rings is 2. The summed E-state index contributed by atoms with van der Waals surface area (Å²) in [6.07, 6.45) is 1.64. The van der Waals surface area contributed by atoms with E-state index in [2.05, 4.69) is 5.32 Å². The minimum absolute atomic E-state index is 0.0334. The average Bonchev–Trinajstić information content (AvgIpc) is 2.83. The Morgan fingerprint density at radius 3 is 2.35 bits per heavy atom. The maximum atomic E-state index is 12.6. The van der Waals surface area contributed by atoms with Crippen LogP contribution in [-0.2, 0) is 9.53 Å². The lowest BCUT2D eigenvalue weighted by molar-refractivity contribution is -0.384. The molecule has 1 saturated heterocycles. The van der Waals surface area contributed by atoms with E-state index >= 15 is 0 Å². The first-order valence-electron chi connectivity index (χ1n) is 10.6. The lowest BCUT2D eigenvalue weighted by Gasteiger charge is -2.28. The van der Waals surface area contributed by atoms with Gasteiger partial charge in [-0.3, -0.25) is 25.0 Å². The Kier molecular flexibility index (Phi) is 7.61. The number of nitro groups is 2. The first kappa shape index (κ1) is 24.4. The van der Waals surface area contributed by atoms with Gasteiger partial charge in [0.05, 0.1) is 28.2 Å². The SMILES string of the molecule is COc1ccc([N+](=O)[O-])cc1NC(=O)C(C)OC(=O)c1ccc(N2CCCCC2)c([N+](=O)[O-])c1. The molecule has 12 nitrogen and oxygen atoms in total. The van der Waals surface area contributed by atoms with Gasteiger partial charge in [0.2, 0.25) is 0 Å². The van der Waals surface area contributed by atoms with Crippen molar-refractivity contribution < 1.29 is 28.9 Å². The number of hydrogen-bond acceptors (Lipinski definition) is 9. The molecule has 0 radical (unpaired) electrons. The minimum Gasteiger partial charge on any atom is -0.495 e. The number of amides is 1. The van der Waals surface area contributed by atoms with Crippen molar-refractivity contribution in [1.82, 2.24) is 0 Å². The molecule has 1 amide bonds. The molecular formula is C22H24N4O8. The number of carbonyl (C=O) groups is 2. The van der Waals surface area contributed by atoms with Gasteiger partial charge in [-0.1, -0.05) is 0 Å². The van der Waals surface area contributed by atoms with Crippen LogP contribution in [0.4, 0.5) is 22.7 Å². The highest BCUT2D eigenvalue weighted by Gasteiger charge is 2.26. The number of nitro benzene ring substituents is 2. The zero-order chi connectivity index (χ0) is 24.8. The van der Waals surface area contributed by atoms with Gasteiger partial charge in [-0.15, -0.1) is 0 Å². The van der Waals surface area contributed by atoms with Gasteiger partial charge in [0, 0.05) is 31.3 Å². The van der Waals surface area contributed by atoms with Gasteiger partial charge in [0.25, 0.3) is 17.3 Å². The van der Waals surface area contributed by atoms with Crippen molar-refractivity contribution in [3.8, 4) is 5.75 Å². The molecule has 1 N–H and O–H groups in total. The van der Waals surface area contributed by atoms with Crippen molar-refractivity contribution in [2.75, 3.05) is 30.4 Å². The molecule has 0 spiro atoms. The summed E-state index contributed by atoms with van der Waals surface area (Å²) in [5.41, 5.74) is -0.0763. The highest BCUT2D eigenvalue weighted by Crippen LogP contribution is 2.32. The number of methoxy groups -OCH3 is 1. The van der Waals surface area contributed by atoms with Crippen molar-refractivity contribution in [2.45, 2.75) is 32.3 Å². The number of rotatable bonds is 8. The Hall–Kier alpha value is -4.22. The van der Waals surface area contributed by atoms with E-state index in [0.717, 1.165) is 31.4 Å². The molecule has 2 aromatic rings. The zero-order valence-electron chi connectivity index (χ0n) is 18.7. The molecule has 1 heterocycles. The fraction of sp³-hybridized carbons (Fsp3) is 0.364. The normalized spacial score (nSPS) is 14.1. The molecule has 2 aromatic carbocycles. The first-order chi connectivity index (χ1) is 16.2. The zero-order valence-corrected chi connectivity index (χ0v) is 18.7. The molecule has 180 valence electrons. The molecule has 0 saturated carbocycles. The Bertz CT molecular complexity index is 1110. The first-order valence-corrected chi connectivity index (χ1v) is 10.6. The average molecular weight is 472 g/mol. The lowest BCUT2D eigenvalue weighted by atomic mass is 10.1. The number of ether oxygens (including phenoxy) is 2. The number of nitrogens with zero attached hydrogens (tertiary/aromatic N) is 3. The summed E-state index contributed by atoms with van der Waals surface area (Å²) in [5, 5.41) is 25.1. The molecule has 1 aliphatic rings.